The van der Waals surface area contributed by atoms with E-state index in [9.17, 15) is 9.59 Å². The normalized spacial score (nSPS) is 16.6. The molecule has 3 unspecified atom stereocenters. The van der Waals surface area contributed by atoms with Gasteiger partial charge < -0.3 is 16.8 Å². The Morgan fingerprint density at radius 1 is 1.25 bits per heavy atom. The molecule has 0 fully saturated rings. The van der Waals surface area contributed by atoms with Crippen LogP contribution in [0.5, 0.6) is 0 Å². The number of nitrogens with one attached hydrogen (secondary N) is 1. The van der Waals surface area contributed by atoms with Crippen LogP contribution in [0.3, 0.4) is 0 Å². The average molecular weight is 229 g/mol. The number of primary amides is 1. The van der Waals surface area contributed by atoms with E-state index in [1.807, 2.05) is 27.7 Å². The molecule has 0 heterocycles. The van der Waals surface area contributed by atoms with Gasteiger partial charge in [-0.25, -0.2) is 0 Å². The predicted octanol–water partition coefficient (Wildman–Crippen LogP) is -0.0141. The van der Waals surface area contributed by atoms with Crippen LogP contribution in [-0.4, -0.2) is 23.9 Å². The second-order valence-electron chi connectivity index (χ2n) is 4.54. The molecular formula is C11H23N3O2. The highest BCUT2D eigenvalue weighted by Crippen LogP contribution is 2.07. The average Bonchev–Trinajstić information content (AvgIpc) is 2.22. The minimum Gasteiger partial charge on any atom is -0.368 e. The first kappa shape index (κ1) is 14.9. The summed E-state index contributed by atoms with van der Waals surface area (Å²) in [5, 5.41) is 2.59. The topological polar surface area (TPSA) is 98.2 Å². The van der Waals surface area contributed by atoms with Gasteiger partial charge in [0.15, 0.2) is 0 Å². The van der Waals surface area contributed by atoms with Gasteiger partial charge in [-0.05, 0) is 11.8 Å². The molecule has 0 rings (SSSR count). The largest absolute Gasteiger partial charge is 0.368 e. The fraction of sp³-hybridized carbons (Fsp3) is 0.818. The molecule has 0 spiro atoms. The van der Waals surface area contributed by atoms with Gasteiger partial charge in [0.1, 0.15) is 6.04 Å². The lowest BCUT2D eigenvalue weighted by Crippen LogP contribution is -2.54. The molecule has 5 nitrogen and oxygen atoms in total. The number of rotatable bonds is 6. The van der Waals surface area contributed by atoms with E-state index in [2.05, 4.69) is 5.32 Å². The molecule has 0 saturated carbocycles. The number of amides is 2. The molecule has 5 N–H and O–H groups in total. The third kappa shape index (κ3) is 4.18. The van der Waals surface area contributed by atoms with Gasteiger partial charge in [-0.3, -0.25) is 9.59 Å². The predicted molar refractivity (Wildman–Crippen MR) is 63.4 cm³/mol. The van der Waals surface area contributed by atoms with Crippen molar-refractivity contribution in [2.45, 2.75) is 46.2 Å². The molecule has 0 aliphatic carbocycles. The fourth-order valence-electron chi connectivity index (χ4n) is 1.33. The van der Waals surface area contributed by atoms with Crippen molar-refractivity contribution < 1.29 is 9.59 Å². The molecule has 16 heavy (non-hydrogen) atoms. The van der Waals surface area contributed by atoms with E-state index in [4.69, 9.17) is 11.5 Å². The molecule has 0 aliphatic heterocycles. The van der Waals surface area contributed by atoms with E-state index in [1.165, 1.54) is 0 Å². The van der Waals surface area contributed by atoms with Gasteiger partial charge in [-0.15, -0.1) is 0 Å². The molecule has 0 aromatic carbocycles. The Morgan fingerprint density at radius 2 is 1.75 bits per heavy atom. The summed E-state index contributed by atoms with van der Waals surface area (Å²) in [6.07, 6.45) is 0.817. The van der Waals surface area contributed by atoms with Crippen LogP contribution < -0.4 is 16.8 Å². The number of hydrogen-bond acceptors (Lipinski definition) is 3. The molecule has 94 valence electrons. The van der Waals surface area contributed by atoms with Crippen LogP contribution in [0.15, 0.2) is 0 Å². The van der Waals surface area contributed by atoms with Crippen LogP contribution in [0.4, 0.5) is 0 Å². The third-order valence-corrected chi connectivity index (χ3v) is 2.83. The number of hydrogen-bond donors (Lipinski definition) is 3. The maximum absolute atomic E-state index is 11.7. The zero-order valence-electron chi connectivity index (χ0n) is 10.5. The van der Waals surface area contributed by atoms with Crippen molar-refractivity contribution in [2.75, 3.05) is 0 Å². The molecule has 0 aromatic rings. The molecule has 2 amide bonds. The summed E-state index contributed by atoms with van der Waals surface area (Å²) in [5.74, 6) is -0.794. The van der Waals surface area contributed by atoms with E-state index in [0.29, 0.717) is 0 Å². The Balaban J connectivity index is 4.46. The van der Waals surface area contributed by atoms with Gasteiger partial charge in [0.25, 0.3) is 0 Å². The van der Waals surface area contributed by atoms with Gasteiger partial charge in [-0.1, -0.05) is 34.1 Å². The summed E-state index contributed by atoms with van der Waals surface area (Å²) in [6, 6.07) is -1.24. The van der Waals surface area contributed by atoms with Crippen molar-refractivity contribution >= 4 is 11.8 Å². The van der Waals surface area contributed by atoms with Gasteiger partial charge in [-0.2, -0.15) is 0 Å². The molecular weight excluding hydrogens is 206 g/mol. The van der Waals surface area contributed by atoms with Crippen LogP contribution in [0.2, 0.25) is 0 Å². The Hall–Kier alpha value is -1.10. The molecule has 0 saturated heterocycles. The van der Waals surface area contributed by atoms with Crippen LogP contribution in [0, 0.1) is 11.8 Å². The van der Waals surface area contributed by atoms with E-state index in [0.717, 1.165) is 6.42 Å². The summed E-state index contributed by atoms with van der Waals surface area (Å²) in [4.78, 5) is 22.8. The standard InChI is InChI=1S/C11H23N3O2/c1-5-7(4)8(12)11(16)14-9(6(2)3)10(13)15/h6-9H,5,12H2,1-4H3,(H2,13,15)(H,14,16). The summed E-state index contributed by atoms with van der Waals surface area (Å²) < 4.78 is 0. The van der Waals surface area contributed by atoms with Crippen molar-refractivity contribution in [1.29, 1.82) is 0 Å². The summed E-state index contributed by atoms with van der Waals surface area (Å²) in [5.41, 5.74) is 11.0. The molecule has 3 atom stereocenters. The van der Waals surface area contributed by atoms with Crippen molar-refractivity contribution in [3.8, 4) is 0 Å². The van der Waals surface area contributed by atoms with Crippen molar-refractivity contribution in [1.82, 2.24) is 5.32 Å². The molecule has 5 heteroatoms. The van der Waals surface area contributed by atoms with Gasteiger partial charge in [0.05, 0.1) is 6.04 Å². The van der Waals surface area contributed by atoms with Gasteiger partial charge >= 0.3 is 0 Å². The first-order valence-electron chi connectivity index (χ1n) is 5.66. The van der Waals surface area contributed by atoms with Gasteiger partial charge in [0, 0.05) is 0 Å². The molecule has 0 bridgehead atoms. The third-order valence-electron chi connectivity index (χ3n) is 2.83. The van der Waals surface area contributed by atoms with Crippen LogP contribution >= 0.6 is 0 Å². The summed E-state index contributed by atoms with van der Waals surface area (Å²) in [6.45, 7) is 7.51. The molecule has 0 radical (unpaired) electrons. The fourth-order valence-corrected chi connectivity index (χ4v) is 1.33. The SMILES string of the molecule is CCC(C)C(N)C(=O)NC(C(N)=O)C(C)C. The highest BCUT2D eigenvalue weighted by molar-refractivity contribution is 5.89. The first-order valence-corrected chi connectivity index (χ1v) is 5.66. The lowest BCUT2D eigenvalue weighted by molar-refractivity contribution is -0.129. The lowest BCUT2D eigenvalue weighted by atomic mass is 9.97. The molecule has 0 aliphatic rings. The van der Waals surface area contributed by atoms with Crippen LogP contribution in [0.25, 0.3) is 0 Å². The number of carbonyl (C=O) groups excluding carboxylic acids is 2. The minimum atomic E-state index is -0.650. The Bertz CT molecular complexity index is 254. The van der Waals surface area contributed by atoms with Crippen LogP contribution in [0.1, 0.15) is 34.1 Å². The smallest absolute Gasteiger partial charge is 0.240 e. The minimum absolute atomic E-state index is 0.0365. The van der Waals surface area contributed by atoms with Crippen LogP contribution in [-0.2, 0) is 9.59 Å². The quantitative estimate of drug-likeness (QED) is 0.597. The molecule has 0 aromatic heterocycles. The van der Waals surface area contributed by atoms with E-state index < -0.39 is 18.0 Å². The Kier molecular flexibility index (Phi) is 6.03. The maximum atomic E-state index is 11.7. The summed E-state index contributed by atoms with van der Waals surface area (Å²) in [7, 11) is 0. The van der Waals surface area contributed by atoms with Crippen molar-refractivity contribution in [3.05, 3.63) is 0 Å². The lowest BCUT2D eigenvalue weighted by Gasteiger charge is -2.23. The van der Waals surface area contributed by atoms with E-state index in [1.54, 1.807) is 0 Å². The van der Waals surface area contributed by atoms with Gasteiger partial charge in [0.2, 0.25) is 11.8 Å². The Morgan fingerprint density at radius 3 is 2.06 bits per heavy atom. The number of carbonyl (C=O) groups is 2. The maximum Gasteiger partial charge on any atom is 0.240 e. The van der Waals surface area contributed by atoms with E-state index >= 15 is 0 Å². The second kappa shape index (κ2) is 6.48. The summed E-state index contributed by atoms with van der Waals surface area (Å²) >= 11 is 0. The monoisotopic (exact) mass is 229 g/mol. The van der Waals surface area contributed by atoms with Crippen molar-refractivity contribution in [2.24, 2.45) is 23.3 Å². The Labute approximate surface area is 96.9 Å². The van der Waals surface area contributed by atoms with E-state index in [-0.39, 0.29) is 17.7 Å². The second-order valence-corrected chi connectivity index (χ2v) is 4.54. The first-order chi connectivity index (χ1) is 7.31. The number of nitrogens with two attached hydrogens (primary N) is 2. The zero-order chi connectivity index (χ0) is 12.9. The highest BCUT2D eigenvalue weighted by Gasteiger charge is 2.26. The van der Waals surface area contributed by atoms with Crippen molar-refractivity contribution in [3.63, 3.8) is 0 Å². The zero-order valence-corrected chi connectivity index (χ0v) is 10.5. The highest BCUT2D eigenvalue weighted by atomic mass is 16.2.